The number of aromatic nitrogens is 1. The Labute approximate surface area is 176 Å². The molecule has 1 aliphatic carbocycles. The number of ether oxygens (including phenoxy) is 1. The van der Waals surface area contributed by atoms with Crippen molar-refractivity contribution in [3.8, 4) is 0 Å². The first-order chi connectivity index (χ1) is 14.7. The van der Waals surface area contributed by atoms with Crippen LogP contribution in [0.3, 0.4) is 0 Å². The smallest absolute Gasteiger partial charge is 0.309 e. The number of carbonyl (C=O) groups is 2. The maximum absolute atomic E-state index is 13.5. The van der Waals surface area contributed by atoms with Gasteiger partial charge in [-0.3, -0.25) is 14.6 Å². The number of pyridine rings is 1. The van der Waals surface area contributed by atoms with E-state index in [-0.39, 0.29) is 23.7 Å². The van der Waals surface area contributed by atoms with Gasteiger partial charge in [-0.2, -0.15) is 0 Å². The fourth-order valence-electron chi connectivity index (χ4n) is 3.89. The lowest BCUT2D eigenvalue weighted by atomic mass is 10.1. The Morgan fingerprint density at radius 3 is 2.63 bits per heavy atom. The van der Waals surface area contributed by atoms with Gasteiger partial charge in [0, 0.05) is 24.7 Å². The standard InChI is InChI=1S/C25H26N2O3/c1-2-30-25(29)22-16-20(22)17-27(15-13-18-8-4-3-5-9-18)24(28)23-21-11-7-6-10-19(21)12-14-26-23/h3-12,14,20,22H,2,13,15-17H2,1H3/t20-,22+/m1/s1. The summed E-state index contributed by atoms with van der Waals surface area (Å²) in [5.41, 5.74) is 1.65. The lowest BCUT2D eigenvalue weighted by Gasteiger charge is -2.23. The molecule has 154 valence electrons. The van der Waals surface area contributed by atoms with Gasteiger partial charge < -0.3 is 9.64 Å². The number of carbonyl (C=O) groups excluding carboxylic acids is 2. The van der Waals surface area contributed by atoms with E-state index in [1.165, 1.54) is 5.56 Å². The van der Waals surface area contributed by atoms with Crippen molar-refractivity contribution >= 4 is 22.6 Å². The predicted molar refractivity (Wildman–Crippen MR) is 116 cm³/mol. The third-order valence-corrected chi connectivity index (χ3v) is 5.64. The predicted octanol–water partition coefficient (Wildman–Crippen LogP) is 4.12. The molecule has 4 rings (SSSR count). The number of amides is 1. The topological polar surface area (TPSA) is 59.5 Å². The van der Waals surface area contributed by atoms with E-state index in [0.717, 1.165) is 23.6 Å². The summed E-state index contributed by atoms with van der Waals surface area (Å²) in [4.78, 5) is 31.8. The van der Waals surface area contributed by atoms with Gasteiger partial charge in [0.15, 0.2) is 0 Å². The van der Waals surface area contributed by atoms with Crippen LogP contribution in [0.2, 0.25) is 0 Å². The van der Waals surface area contributed by atoms with Crippen LogP contribution in [-0.4, -0.2) is 41.5 Å². The molecule has 0 N–H and O–H groups in total. The van der Waals surface area contributed by atoms with Crippen LogP contribution < -0.4 is 0 Å². The van der Waals surface area contributed by atoms with Crippen LogP contribution in [0.25, 0.3) is 10.8 Å². The average molecular weight is 402 g/mol. The van der Waals surface area contributed by atoms with E-state index in [1.807, 2.05) is 60.4 Å². The van der Waals surface area contributed by atoms with Crippen molar-refractivity contribution in [3.05, 3.63) is 78.1 Å². The molecule has 1 aliphatic rings. The van der Waals surface area contributed by atoms with Gasteiger partial charge >= 0.3 is 5.97 Å². The number of nitrogens with zero attached hydrogens (tertiary/aromatic N) is 2. The van der Waals surface area contributed by atoms with E-state index in [4.69, 9.17) is 4.74 Å². The Bertz CT molecular complexity index is 1030. The molecule has 2 atom stereocenters. The highest BCUT2D eigenvalue weighted by atomic mass is 16.5. The summed E-state index contributed by atoms with van der Waals surface area (Å²) in [5, 5.41) is 1.85. The van der Waals surface area contributed by atoms with Crippen LogP contribution in [0.4, 0.5) is 0 Å². The molecule has 1 amide bonds. The molecule has 1 heterocycles. The second-order valence-corrected chi connectivity index (χ2v) is 7.72. The van der Waals surface area contributed by atoms with Crippen LogP contribution in [0.1, 0.15) is 29.4 Å². The molecule has 1 saturated carbocycles. The molecule has 0 aliphatic heterocycles. The van der Waals surface area contributed by atoms with E-state index in [9.17, 15) is 9.59 Å². The first kappa shape index (κ1) is 20.1. The molecule has 30 heavy (non-hydrogen) atoms. The lowest BCUT2D eigenvalue weighted by molar-refractivity contribution is -0.145. The second kappa shape index (κ2) is 9.08. The molecule has 5 heteroatoms. The molecule has 0 saturated heterocycles. The van der Waals surface area contributed by atoms with E-state index in [1.54, 1.807) is 6.20 Å². The van der Waals surface area contributed by atoms with Gasteiger partial charge in [-0.25, -0.2) is 0 Å². The van der Waals surface area contributed by atoms with Crippen LogP contribution in [0.5, 0.6) is 0 Å². The Hall–Kier alpha value is -3.21. The summed E-state index contributed by atoms with van der Waals surface area (Å²) in [6.45, 7) is 3.33. The van der Waals surface area contributed by atoms with Gasteiger partial charge in [0.1, 0.15) is 5.69 Å². The molecule has 0 spiro atoms. The van der Waals surface area contributed by atoms with Gasteiger partial charge in [-0.05, 0) is 42.7 Å². The van der Waals surface area contributed by atoms with Gasteiger partial charge in [0.2, 0.25) is 0 Å². The highest BCUT2D eigenvalue weighted by Crippen LogP contribution is 2.40. The van der Waals surface area contributed by atoms with Gasteiger partial charge in [0.25, 0.3) is 5.91 Å². The molecule has 5 nitrogen and oxygen atoms in total. The molecule has 1 fully saturated rings. The van der Waals surface area contributed by atoms with Crippen LogP contribution in [0.15, 0.2) is 66.9 Å². The molecular weight excluding hydrogens is 376 g/mol. The number of hydrogen-bond donors (Lipinski definition) is 0. The minimum absolute atomic E-state index is 0.0859. The summed E-state index contributed by atoms with van der Waals surface area (Å²) in [6, 6.07) is 19.8. The van der Waals surface area contributed by atoms with E-state index >= 15 is 0 Å². The van der Waals surface area contributed by atoms with Crippen molar-refractivity contribution < 1.29 is 14.3 Å². The first-order valence-corrected chi connectivity index (χ1v) is 10.5. The van der Waals surface area contributed by atoms with Crippen LogP contribution >= 0.6 is 0 Å². The van der Waals surface area contributed by atoms with Crippen molar-refractivity contribution in [2.24, 2.45) is 11.8 Å². The van der Waals surface area contributed by atoms with E-state index in [0.29, 0.717) is 25.4 Å². The molecule has 3 aromatic rings. The number of hydrogen-bond acceptors (Lipinski definition) is 4. The number of fused-ring (bicyclic) bond motifs is 1. The zero-order valence-electron chi connectivity index (χ0n) is 17.2. The highest BCUT2D eigenvalue weighted by molar-refractivity contribution is 6.05. The van der Waals surface area contributed by atoms with Crippen LogP contribution in [0, 0.1) is 11.8 Å². The second-order valence-electron chi connectivity index (χ2n) is 7.72. The monoisotopic (exact) mass is 402 g/mol. The quantitative estimate of drug-likeness (QED) is 0.532. The third-order valence-electron chi connectivity index (χ3n) is 5.64. The average Bonchev–Trinajstić information content (AvgIpc) is 3.56. The SMILES string of the molecule is CCOC(=O)[C@H]1C[C@@H]1CN(CCc1ccccc1)C(=O)c1nccc2ccccc12. The summed E-state index contributed by atoms with van der Waals surface area (Å²) < 4.78 is 5.15. The number of esters is 1. The third kappa shape index (κ3) is 4.51. The maximum Gasteiger partial charge on any atom is 0.309 e. The molecular formula is C25H26N2O3. The number of rotatable bonds is 8. The molecule has 2 aromatic carbocycles. The summed E-state index contributed by atoms with van der Waals surface area (Å²) in [5.74, 6) is -0.185. The Morgan fingerprint density at radius 1 is 1.07 bits per heavy atom. The minimum atomic E-state index is -0.152. The normalized spacial score (nSPS) is 17.5. The van der Waals surface area contributed by atoms with Crippen molar-refractivity contribution in [1.82, 2.24) is 9.88 Å². The molecule has 0 radical (unpaired) electrons. The first-order valence-electron chi connectivity index (χ1n) is 10.5. The zero-order valence-corrected chi connectivity index (χ0v) is 17.2. The van der Waals surface area contributed by atoms with E-state index in [2.05, 4.69) is 17.1 Å². The summed E-state index contributed by atoms with van der Waals surface area (Å²) in [7, 11) is 0. The zero-order chi connectivity index (χ0) is 20.9. The number of benzene rings is 2. The van der Waals surface area contributed by atoms with E-state index < -0.39 is 0 Å². The van der Waals surface area contributed by atoms with Gasteiger partial charge in [-0.15, -0.1) is 0 Å². The van der Waals surface area contributed by atoms with Crippen molar-refractivity contribution in [2.75, 3.05) is 19.7 Å². The maximum atomic E-state index is 13.5. The van der Waals surface area contributed by atoms with Gasteiger partial charge in [-0.1, -0.05) is 54.6 Å². The van der Waals surface area contributed by atoms with Gasteiger partial charge in [0.05, 0.1) is 12.5 Å². The molecule has 1 aromatic heterocycles. The fraction of sp³-hybridized carbons (Fsp3) is 0.320. The lowest BCUT2D eigenvalue weighted by Crippen LogP contribution is -2.36. The summed E-state index contributed by atoms with van der Waals surface area (Å²) in [6.07, 6.45) is 3.22. The van der Waals surface area contributed by atoms with Crippen LogP contribution in [-0.2, 0) is 16.0 Å². The summed E-state index contributed by atoms with van der Waals surface area (Å²) >= 11 is 0. The molecule has 0 unspecified atom stereocenters. The van der Waals surface area contributed by atoms with Crippen molar-refractivity contribution in [2.45, 2.75) is 19.8 Å². The Balaban J connectivity index is 1.54. The fourth-order valence-corrected chi connectivity index (χ4v) is 3.89. The largest absolute Gasteiger partial charge is 0.466 e. The van der Waals surface area contributed by atoms with Crippen molar-refractivity contribution in [1.29, 1.82) is 0 Å². The van der Waals surface area contributed by atoms with Crippen molar-refractivity contribution in [3.63, 3.8) is 0 Å². The molecule has 0 bridgehead atoms. The highest BCUT2D eigenvalue weighted by Gasteiger charge is 2.45. The minimum Gasteiger partial charge on any atom is -0.466 e. The Kier molecular flexibility index (Phi) is 6.07. The Morgan fingerprint density at radius 2 is 1.83 bits per heavy atom.